The molecule has 8 heterocycles. The molecule has 5 aliphatic carbocycles. The number of aldehydes is 1. The molecule has 4 saturated carbocycles. The summed E-state index contributed by atoms with van der Waals surface area (Å²) in [7, 11) is 0. The third-order valence-electron chi connectivity index (χ3n) is 29.2. The molecule has 22 N–H and O–H groups in total. The molecule has 13 aliphatic rings. The Balaban J connectivity index is 0.767. The predicted molar refractivity (Wildman–Crippen MR) is 386 cm³/mol. The number of allylic oxidation sites excluding steroid dienone is 2. The number of carboxylic acids is 1. The van der Waals surface area contributed by atoms with E-state index in [0.717, 1.165) is 11.9 Å². The number of carbonyl (C=O) groups is 4. The monoisotopic (exact) mass is 1720 g/mol. The summed E-state index contributed by atoms with van der Waals surface area (Å²) >= 11 is 0. The minimum atomic E-state index is -2.25. The molecule has 680 valence electrons. The zero-order valence-electron chi connectivity index (χ0n) is 67.2. The number of ether oxygens (including phenoxy) is 16. The minimum Gasteiger partial charge on any atom is -0.479 e. The molecule has 42 heteroatoms. The van der Waals surface area contributed by atoms with E-state index in [-0.39, 0.29) is 38.2 Å². The Morgan fingerprint density at radius 2 is 1.12 bits per heavy atom. The van der Waals surface area contributed by atoms with Crippen LogP contribution in [0, 0.1) is 50.2 Å². The van der Waals surface area contributed by atoms with E-state index in [1.807, 2.05) is 20.8 Å². The zero-order chi connectivity index (χ0) is 86.8. The molecule has 12 fully saturated rings. The van der Waals surface area contributed by atoms with Crippen molar-refractivity contribution in [3.8, 4) is 0 Å². The molecule has 1 amide bonds. The lowest BCUT2D eigenvalue weighted by Gasteiger charge is -2.71. The summed E-state index contributed by atoms with van der Waals surface area (Å²) in [4.78, 5) is 57.5. The van der Waals surface area contributed by atoms with E-state index in [4.69, 9.17) is 75.8 Å². The molecule has 8 aliphatic heterocycles. The summed E-state index contributed by atoms with van der Waals surface area (Å²) in [5.74, 6) is -5.52. The average Bonchev–Trinajstić information content (AvgIpc) is 0.713. The molecule has 45 atom stereocenters. The molecule has 20 unspecified atom stereocenters. The lowest BCUT2D eigenvalue weighted by atomic mass is 9.33. The maximum atomic E-state index is 16.2. The number of nitrogens with one attached hydrogen (secondary N) is 1. The summed E-state index contributed by atoms with van der Waals surface area (Å²) in [6, 6.07) is -1.73. The SMILES string of the molecule is CCC1(O)CO[C@@H](OC2C(O)[C@H](O[C@H]3C(C)O[C@@H](OC4C(O)[C@@H](NC(=O)CO[C@@H]5O[C@@H](CO)C(O)C5O)C(CO)O[C@H]4OC(=O)[C@]45CCC(C)(C)CC4C4=CCC6C7(C)CC[C@H](O[C@@H]8OC(C(=O)O)[C@@H](O)[C@H](O[C@@H]9OC[C@@H](O)[C@H](O)C9O)C8O[C@@H]8OC(CO)[C@H](O)[C@H](O)C8O)[C@](C)(C=O)[C@@H]7CC[C@]6(C)[C@]4(C)CC5O)C(O)C3O)OC[C@H]2O)[C@H]1O. The Morgan fingerprint density at radius 3 is 1.76 bits per heavy atom. The fourth-order valence-electron chi connectivity index (χ4n) is 21.8. The van der Waals surface area contributed by atoms with Gasteiger partial charge in [-0.15, -0.1) is 0 Å². The second-order valence-electron chi connectivity index (χ2n) is 36.6. The smallest absolute Gasteiger partial charge is 0.335 e. The molecule has 0 radical (unpaired) electrons. The summed E-state index contributed by atoms with van der Waals surface area (Å²) in [6.45, 7) is 9.84. The Hall–Kier alpha value is -3.58. The van der Waals surface area contributed by atoms with Gasteiger partial charge >= 0.3 is 11.9 Å². The molecule has 0 spiro atoms. The summed E-state index contributed by atoms with van der Waals surface area (Å²) < 4.78 is 95.4. The summed E-state index contributed by atoms with van der Waals surface area (Å²) in [6.07, 6.45) is -58.7. The van der Waals surface area contributed by atoms with E-state index in [1.54, 1.807) is 13.8 Å². The summed E-state index contributed by atoms with van der Waals surface area (Å²) in [5, 5.41) is 236. The first kappa shape index (κ1) is 93.1. The third kappa shape index (κ3) is 16.5. The molecular weight excluding hydrogens is 1590 g/mol. The maximum absolute atomic E-state index is 16.2. The van der Waals surface area contributed by atoms with E-state index < -0.39 is 329 Å². The second kappa shape index (κ2) is 35.6. The van der Waals surface area contributed by atoms with Crippen molar-refractivity contribution in [1.82, 2.24) is 5.32 Å². The van der Waals surface area contributed by atoms with Gasteiger partial charge in [0.2, 0.25) is 12.2 Å². The van der Waals surface area contributed by atoms with E-state index in [1.165, 1.54) is 6.92 Å². The van der Waals surface area contributed by atoms with Crippen molar-refractivity contribution in [2.75, 3.05) is 46.2 Å². The van der Waals surface area contributed by atoms with E-state index in [2.05, 4.69) is 25.2 Å². The van der Waals surface area contributed by atoms with E-state index in [9.17, 15) is 122 Å². The minimum absolute atomic E-state index is 0.0105. The van der Waals surface area contributed by atoms with Crippen molar-refractivity contribution in [2.24, 2.45) is 50.2 Å². The van der Waals surface area contributed by atoms with Crippen LogP contribution >= 0.6 is 0 Å². The van der Waals surface area contributed by atoms with Crippen LogP contribution in [0.2, 0.25) is 0 Å². The van der Waals surface area contributed by atoms with Gasteiger partial charge in [-0.25, -0.2) is 4.79 Å². The topological polar surface area (TPSA) is 653 Å². The highest BCUT2D eigenvalue weighted by Gasteiger charge is 2.74. The van der Waals surface area contributed by atoms with Gasteiger partial charge in [0.25, 0.3) is 0 Å². The van der Waals surface area contributed by atoms with Crippen LogP contribution in [-0.2, 0) is 95.0 Å². The van der Waals surface area contributed by atoms with Crippen LogP contribution in [0.1, 0.15) is 120 Å². The number of hydrogen-bond acceptors (Lipinski definition) is 40. The van der Waals surface area contributed by atoms with Crippen LogP contribution in [0.5, 0.6) is 0 Å². The van der Waals surface area contributed by atoms with Crippen molar-refractivity contribution >= 4 is 24.1 Å². The lowest BCUT2D eigenvalue weighted by molar-refractivity contribution is -0.391. The molecule has 0 aromatic rings. The number of aliphatic hydroxyl groups excluding tert-OH is 19. The number of carboxylic acid groups (broad SMARTS) is 1. The van der Waals surface area contributed by atoms with Gasteiger partial charge in [-0.2, -0.15) is 0 Å². The Kier molecular flexibility index (Phi) is 27.8. The van der Waals surface area contributed by atoms with Crippen molar-refractivity contribution in [2.45, 2.75) is 346 Å². The number of esters is 1. The fraction of sp³-hybridized carbons (Fsp3) is 0.922. The molecular formula is C77H121NO41. The van der Waals surface area contributed by atoms with Gasteiger partial charge in [0, 0.05) is 0 Å². The van der Waals surface area contributed by atoms with Crippen molar-refractivity contribution in [3.05, 3.63) is 11.6 Å². The van der Waals surface area contributed by atoms with Crippen LogP contribution in [0.25, 0.3) is 0 Å². The van der Waals surface area contributed by atoms with Crippen molar-refractivity contribution in [3.63, 3.8) is 0 Å². The lowest BCUT2D eigenvalue weighted by Crippen LogP contribution is -2.70. The van der Waals surface area contributed by atoms with Crippen molar-refractivity contribution in [1.29, 1.82) is 0 Å². The first-order valence-corrected chi connectivity index (χ1v) is 41.0. The molecule has 13 rings (SSSR count). The standard InChI is InChI=1S/C77H121NO41/c1-9-76(103)27-107-69(60(76)99)114-55-32(84)24-105-64(53(55)98)113-54-28(2)108-65(51(96)47(54)92)117-58-45(90)41(78-40(86)25-106-62-49(94)44(89)35(22-81)110-62)33(20-79)109-67(58)119-70(102)77-17-16-71(3,4)18-30(77)29-10-11-37-72(5)14-13-39(73(6,26-82)36(72)12-15-74(37,7)75(29,8)19-38(77)85)112-68-59(118-66-50(95)46(91)43(88)34(21-80)111-66)56(52(97)57(116-68)61(100)101)115-63-48(93)42(87)31(83)23-104-63/h10,26,28,30-39,41-60,62-69,79-81,83-85,87-99,103H,9,11-25,27H2,1-8H3,(H,78,86)(H,100,101)/t28?,30?,31-,32-,33?,34?,35+,36-,37?,38?,39+,41+,42+,43+,44?,45?,46+,47?,48?,49?,50?,51?,52+,53?,54+,55?,56+,57?,58?,59?,60-,62-,63+,64+,65+,66+,67+,68-,69+,72?,73-,74+,75-,76?,77-/m1/s1. The number of hydrogen-bond donors (Lipinski definition) is 22. The van der Waals surface area contributed by atoms with Gasteiger partial charge in [0.15, 0.2) is 56.2 Å². The fourth-order valence-corrected chi connectivity index (χ4v) is 21.8. The van der Waals surface area contributed by atoms with Gasteiger partial charge in [0.1, 0.15) is 158 Å². The normalized spacial score (nSPS) is 53.0. The molecule has 0 aromatic heterocycles. The molecule has 0 aromatic carbocycles. The molecule has 0 bridgehead atoms. The number of aliphatic carboxylic acids is 1. The number of aliphatic hydroxyl groups is 20. The first-order chi connectivity index (χ1) is 56.0. The highest BCUT2D eigenvalue weighted by Crippen LogP contribution is 2.76. The van der Waals surface area contributed by atoms with Crippen LogP contribution in [0.4, 0.5) is 0 Å². The maximum Gasteiger partial charge on any atom is 0.335 e. The average molecular weight is 1720 g/mol. The van der Waals surface area contributed by atoms with Crippen LogP contribution in [0.15, 0.2) is 11.6 Å². The van der Waals surface area contributed by atoms with Crippen LogP contribution < -0.4 is 5.32 Å². The number of fused-ring (bicyclic) bond motifs is 7. The molecule has 42 nitrogen and oxygen atoms in total. The Morgan fingerprint density at radius 1 is 0.538 bits per heavy atom. The third-order valence-corrected chi connectivity index (χ3v) is 29.2. The van der Waals surface area contributed by atoms with Gasteiger partial charge < -0.3 is 193 Å². The van der Waals surface area contributed by atoms with Gasteiger partial charge in [0.05, 0.1) is 69.4 Å². The largest absolute Gasteiger partial charge is 0.479 e. The van der Waals surface area contributed by atoms with Crippen molar-refractivity contribution < 1.29 is 202 Å². The van der Waals surface area contributed by atoms with Crippen LogP contribution in [0.3, 0.4) is 0 Å². The van der Waals surface area contributed by atoms with Crippen LogP contribution in [-0.4, -0.2) is 404 Å². The van der Waals surface area contributed by atoms with E-state index in [0.29, 0.717) is 38.5 Å². The molecule has 119 heavy (non-hydrogen) atoms. The number of rotatable bonds is 24. The molecule has 8 saturated heterocycles. The Labute approximate surface area is 683 Å². The zero-order valence-corrected chi connectivity index (χ0v) is 67.2. The number of carbonyl (C=O) groups excluding carboxylic acids is 3. The highest BCUT2D eigenvalue weighted by molar-refractivity contribution is 5.80. The Bertz CT molecular complexity index is 3550. The van der Waals surface area contributed by atoms with Gasteiger partial charge in [-0.3, -0.25) is 9.59 Å². The van der Waals surface area contributed by atoms with E-state index >= 15 is 4.79 Å². The number of amides is 1. The first-order valence-electron chi connectivity index (χ1n) is 41.0. The quantitative estimate of drug-likeness (QED) is 0.0185. The second-order valence-corrected chi connectivity index (χ2v) is 36.6. The predicted octanol–water partition coefficient (Wildman–Crippen LogP) is -8.38. The van der Waals surface area contributed by atoms with Gasteiger partial charge in [-0.1, -0.05) is 60.1 Å². The van der Waals surface area contributed by atoms with Gasteiger partial charge in [-0.05, 0) is 111 Å². The highest BCUT2D eigenvalue weighted by atomic mass is 16.8. The summed E-state index contributed by atoms with van der Waals surface area (Å²) in [5.41, 5.74) is -7.18.